The van der Waals surface area contributed by atoms with Gasteiger partial charge in [0.25, 0.3) is 0 Å². The number of halogens is 2. The number of carbonyl (C=O) groups excluding carboxylic acids is 2. The van der Waals surface area contributed by atoms with Crippen LogP contribution in [0.15, 0.2) is 58.9 Å². The molecule has 0 radical (unpaired) electrons. The molecule has 0 amide bonds. The molecule has 2 aliphatic carbocycles. The smallest absolute Gasteiger partial charge is 0.174 e. The number of Topliss-reactive ketones (excluding diaryl/α,β-unsaturated/α-hetero) is 2. The zero-order chi connectivity index (χ0) is 26.1. The molecule has 7 heteroatoms. The Hall–Kier alpha value is -2.32. The van der Waals surface area contributed by atoms with Crippen LogP contribution in [0.4, 0.5) is 0 Å². The van der Waals surface area contributed by atoms with Gasteiger partial charge in [-0.05, 0) is 90.1 Å². The molecule has 0 bridgehead atoms. The summed E-state index contributed by atoms with van der Waals surface area (Å²) in [5.74, 6) is 1.22. The van der Waals surface area contributed by atoms with Crippen molar-refractivity contribution in [3.63, 3.8) is 0 Å². The van der Waals surface area contributed by atoms with Gasteiger partial charge < -0.3 is 14.4 Å². The van der Waals surface area contributed by atoms with Gasteiger partial charge in [0.2, 0.25) is 0 Å². The Morgan fingerprint density at radius 2 is 1.59 bits per heavy atom. The normalized spacial score (nSPS) is 18.2. The van der Waals surface area contributed by atoms with Gasteiger partial charge in [-0.25, -0.2) is 0 Å². The van der Waals surface area contributed by atoms with Crippen LogP contribution < -0.4 is 9.47 Å². The molecule has 0 fully saturated rings. The predicted octanol–water partition coefficient (Wildman–Crippen LogP) is 7.36. The van der Waals surface area contributed by atoms with Crippen LogP contribution >= 0.6 is 34.2 Å². The number of hydrogen-bond acceptors (Lipinski definition) is 5. The van der Waals surface area contributed by atoms with Crippen molar-refractivity contribution >= 4 is 45.8 Å². The minimum absolute atomic E-state index is 0.161. The van der Waals surface area contributed by atoms with Gasteiger partial charge in [0.15, 0.2) is 23.1 Å². The molecule has 1 heterocycles. The molecular weight excluding hydrogens is 601 g/mol. The van der Waals surface area contributed by atoms with E-state index in [-0.39, 0.29) is 17.5 Å². The van der Waals surface area contributed by atoms with Crippen molar-refractivity contribution in [2.45, 2.75) is 64.4 Å². The summed E-state index contributed by atoms with van der Waals surface area (Å²) in [6.07, 6.45) is 5.49. The highest BCUT2D eigenvalue weighted by molar-refractivity contribution is 14.1. The average Bonchev–Trinajstić information content (AvgIpc) is 2.89. The standard InChI is InChI=1S/C30H31ClINO4/c1-3-14-33-22-6-4-8-24(34)28(22)27(29-23(33)7-5-9-25(29)35)19-15-21(32)30(26(16-19)36-2)37-17-18-10-12-20(31)13-11-18/h10-13,15-16,27H,3-9,14,17H2,1-2H3. The van der Waals surface area contributed by atoms with Gasteiger partial charge in [-0.2, -0.15) is 0 Å². The van der Waals surface area contributed by atoms with Gasteiger partial charge in [-0.3, -0.25) is 9.59 Å². The highest BCUT2D eigenvalue weighted by atomic mass is 127. The van der Waals surface area contributed by atoms with Gasteiger partial charge >= 0.3 is 0 Å². The Morgan fingerprint density at radius 1 is 0.973 bits per heavy atom. The maximum Gasteiger partial charge on any atom is 0.174 e. The number of benzene rings is 2. The number of allylic oxidation sites excluding steroid dienone is 4. The summed E-state index contributed by atoms with van der Waals surface area (Å²) in [5, 5.41) is 0.683. The Kier molecular flexibility index (Phi) is 7.96. The lowest BCUT2D eigenvalue weighted by Crippen LogP contribution is -2.39. The van der Waals surface area contributed by atoms with E-state index in [4.69, 9.17) is 21.1 Å². The molecule has 0 saturated heterocycles. The molecule has 0 atom stereocenters. The fourth-order valence-corrected chi connectivity index (χ4v) is 6.73. The van der Waals surface area contributed by atoms with Crippen molar-refractivity contribution in [2.24, 2.45) is 0 Å². The average molecular weight is 632 g/mol. The first-order valence-corrected chi connectivity index (χ1v) is 14.4. The Labute approximate surface area is 237 Å². The molecule has 3 aliphatic rings. The van der Waals surface area contributed by atoms with Crippen LogP contribution in [0, 0.1) is 3.57 Å². The van der Waals surface area contributed by atoms with E-state index < -0.39 is 0 Å². The van der Waals surface area contributed by atoms with Crippen molar-refractivity contribution in [3.8, 4) is 11.5 Å². The number of methoxy groups -OCH3 is 1. The SMILES string of the molecule is CCCN1C2=C(C(=O)CCC2)C(c2cc(I)c(OCc3ccc(Cl)cc3)c(OC)c2)C2=C1CCCC2=O. The number of rotatable bonds is 7. The minimum Gasteiger partial charge on any atom is -0.493 e. The van der Waals surface area contributed by atoms with Crippen LogP contribution in [0.1, 0.15) is 68.9 Å². The third-order valence-corrected chi connectivity index (χ3v) is 8.47. The van der Waals surface area contributed by atoms with E-state index in [1.54, 1.807) is 7.11 Å². The maximum absolute atomic E-state index is 13.4. The fraction of sp³-hybridized carbons (Fsp3) is 0.400. The molecule has 0 N–H and O–H groups in total. The van der Waals surface area contributed by atoms with E-state index >= 15 is 0 Å². The van der Waals surface area contributed by atoms with E-state index in [1.165, 1.54) is 0 Å². The quantitative estimate of drug-likeness (QED) is 0.299. The Bertz CT molecular complexity index is 1250. The zero-order valence-corrected chi connectivity index (χ0v) is 24.2. The van der Waals surface area contributed by atoms with Crippen molar-refractivity contribution < 1.29 is 19.1 Å². The minimum atomic E-state index is -0.355. The summed E-state index contributed by atoms with van der Waals surface area (Å²) in [6, 6.07) is 11.6. The summed E-state index contributed by atoms with van der Waals surface area (Å²) in [6.45, 7) is 3.36. The van der Waals surface area contributed by atoms with Crippen molar-refractivity contribution in [2.75, 3.05) is 13.7 Å². The van der Waals surface area contributed by atoms with Gasteiger partial charge in [-0.1, -0.05) is 30.7 Å². The van der Waals surface area contributed by atoms with Crippen molar-refractivity contribution in [1.29, 1.82) is 0 Å². The van der Waals surface area contributed by atoms with Crippen LogP contribution in [0.25, 0.3) is 0 Å². The summed E-state index contributed by atoms with van der Waals surface area (Å²) in [5.41, 5.74) is 5.77. The lowest BCUT2D eigenvalue weighted by atomic mass is 9.71. The van der Waals surface area contributed by atoms with Crippen LogP contribution in [-0.2, 0) is 16.2 Å². The van der Waals surface area contributed by atoms with Crippen molar-refractivity contribution in [1.82, 2.24) is 4.90 Å². The molecule has 0 unspecified atom stereocenters. The number of ketones is 2. The maximum atomic E-state index is 13.4. The first-order valence-electron chi connectivity index (χ1n) is 13.0. The Morgan fingerprint density at radius 3 is 2.16 bits per heavy atom. The predicted molar refractivity (Wildman–Crippen MR) is 153 cm³/mol. The van der Waals surface area contributed by atoms with Gasteiger partial charge in [-0.15, -0.1) is 0 Å². The summed E-state index contributed by atoms with van der Waals surface area (Å²) in [7, 11) is 1.63. The molecule has 194 valence electrons. The van der Waals surface area contributed by atoms with Crippen LogP contribution in [0.5, 0.6) is 11.5 Å². The van der Waals surface area contributed by atoms with Crippen LogP contribution in [0.3, 0.4) is 0 Å². The van der Waals surface area contributed by atoms with Crippen molar-refractivity contribution in [3.05, 3.63) is 78.7 Å². The van der Waals surface area contributed by atoms with E-state index in [1.807, 2.05) is 30.3 Å². The van der Waals surface area contributed by atoms with E-state index in [9.17, 15) is 9.59 Å². The van der Waals surface area contributed by atoms with Crippen LogP contribution in [-0.4, -0.2) is 30.1 Å². The molecule has 2 aromatic carbocycles. The number of carbonyl (C=O) groups is 2. The molecule has 1 aliphatic heterocycles. The largest absolute Gasteiger partial charge is 0.493 e. The second-order valence-corrected chi connectivity index (χ2v) is 11.4. The molecule has 2 aromatic rings. The fourth-order valence-electron chi connectivity index (χ4n) is 5.83. The lowest BCUT2D eigenvalue weighted by molar-refractivity contribution is -0.117. The monoisotopic (exact) mass is 631 g/mol. The van der Waals surface area contributed by atoms with E-state index in [0.717, 1.165) is 75.9 Å². The highest BCUT2D eigenvalue weighted by Crippen LogP contribution is 2.50. The zero-order valence-electron chi connectivity index (χ0n) is 21.2. The summed E-state index contributed by atoms with van der Waals surface area (Å²) >= 11 is 8.28. The molecule has 5 nitrogen and oxygen atoms in total. The van der Waals surface area contributed by atoms with Gasteiger partial charge in [0.05, 0.1) is 10.7 Å². The van der Waals surface area contributed by atoms with Gasteiger partial charge in [0.1, 0.15) is 6.61 Å². The molecule has 0 spiro atoms. The third-order valence-electron chi connectivity index (χ3n) is 7.42. The molecule has 37 heavy (non-hydrogen) atoms. The molecule has 0 aromatic heterocycles. The molecule has 0 saturated carbocycles. The summed E-state index contributed by atoms with van der Waals surface area (Å²) < 4.78 is 12.9. The highest BCUT2D eigenvalue weighted by Gasteiger charge is 2.43. The first-order chi connectivity index (χ1) is 17.9. The number of ether oxygens (including phenoxy) is 2. The Balaban J connectivity index is 1.59. The second-order valence-electron chi connectivity index (χ2n) is 9.81. The molecular formula is C30H31ClINO4. The van der Waals surface area contributed by atoms with E-state index in [0.29, 0.717) is 36.0 Å². The number of hydrogen-bond donors (Lipinski definition) is 0. The van der Waals surface area contributed by atoms with Crippen LogP contribution in [0.2, 0.25) is 5.02 Å². The topological polar surface area (TPSA) is 55.8 Å². The first kappa shape index (κ1) is 26.3. The second kappa shape index (κ2) is 11.2. The summed E-state index contributed by atoms with van der Waals surface area (Å²) in [4.78, 5) is 29.2. The lowest BCUT2D eigenvalue weighted by Gasteiger charge is -2.44. The number of nitrogens with zero attached hydrogens (tertiary/aromatic N) is 1. The van der Waals surface area contributed by atoms with Gasteiger partial charge in [0, 0.05) is 52.9 Å². The third kappa shape index (κ3) is 5.07. The molecule has 5 rings (SSSR count). The van der Waals surface area contributed by atoms with E-state index in [2.05, 4.69) is 40.5 Å².